The molecular weight excluding hydrogens is 336 g/mol. The Labute approximate surface area is 159 Å². The van der Waals surface area contributed by atoms with Gasteiger partial charge in [0.25, 0.3) is 5.91 Å². The van der Waals surface area contributed by atoms with Crippen LogP contribution in [0.3, 0.4) is 0 Å². The van der Waals surface area contributed by atoms with Crippen molar-refractivity contribution in [1.82, 2.24) is 20.2 Å². The lowest BCUT2D eigenvalue weighted by Gasteiger charge is -2.33. The molecular formula is C22H24N4O. The number of rotatable bonds is 5. The molecule has 1 N–H and O–H groups in total. The first kappa shape index (κ1) is 17.6. The number of carbonyl (C=O) groups excluding carboxylic acids is 1. The highest BCUT2D eigenvalue weighted by molar-refractivity contribution is 5.97. The summed E-state index contributed by atoms with van der Waals surface area (Å²) in [6.07, 6.45) is 6.50. The molecule has 0 saturated carbocycles. The maximum absolute atomic E-state index is 12.7. The van der Waals surface area contributed by atoms with E-state index in [2.05, 4.69) is 44.5 Å². The smallest absolute Gasteiger partial charge is 0.251 e. The molecule has 2 heterocycles. The minimum Gasteiger partial charge on any atom is -0.348 e. The lowest BCUT2D eigenvalue weighted by Crippen LogP contribution is -2.48. The van der Waals surface area contributed by atoms with Crippen molar-refractivity contribution < 1.29 is 4.79 Å². The van der Waals surface area contributed by atoms with Crippen molar-refractivity contribution in [3.05, 3.63) is 72.1 Å². The summed E-state index contributed by atoms with van der Waals surface area (Å²) in [5, 5.41) is 3.20. The minimum absolute atomic E-state index is 0.0301. The molecule has 1 amide bonds. The van der Waals surface area contributed by atoms with Crippen molar-refractivity contribution in [1.29, 1.82) is 0 Å². The summed E-state index contributed by atoms with van der Waals surface area (Å²) in [7, 11) is 0. The Morgan fingerprint density at radius 1 is 1.07 bits per heavy atom. The molecule has 3 aromatic rings. The highest BCUT2D eigenvalue weighted by Gasteiger charge is 2.21. The van der Waals surface area contributed by atoms with Gasteiger partial charge in [-0.25, -0.2) is 0 Å². The highest BCUT2D eigenvalue weighted by Crippen LogP contribution is 2.14. The second-order valence-electron chi connectivity index (χ2n) is 7.11. The van der Waals surface area contributed by atoms with Gasteiger partial charge in [-0.05, 0) is 49.6 Å². The Morgan fingerprint density at radius 3 is 2.74 bits per heavy atom. The molecule has 1 unspecified atom stereocenters. The number of piperidine rings is 1. The van der Waals surface area contributed by atoms with Gasteiger partial charge in [0, 0.05) is 37.1 Å². The second-order valence-corrected chi connectivity index (χ2v) is 7.11. The molecule has 5 heteroatoms. The first-order valence-corrected chi connectivity index (χ1v) is 9.56. The summed E-state index contributed by atoms with van der Waals surface area (Å²) >= 11 is 0. The standard InChI is InChI=1S/C22H24N4O/c27-22(18-8-9-20-21(15-18)24-12-11-23-20)25-19-7-4-13-26(16-19)14-10-17-5-2-1-3-6-17/h1-3,5-6,8-9,11-12,15,19H,4,7,10,13-14,16H2,(H,25,27). The van der Waals surface area contributed by atoms with Crippen LogP contribution in [0.25, 0.3) is 11.0 Å². The van der Waals surface area contributed by atoms with Crippen LogP contribution >= 0.6 is 0 Å². The zero-order chi connectivity index (χ0) is 18.5. The van der Waals surface area contributed by atoms with E-state index in [-0.39, 0.29) is 11.9 Å². The minimum atomic E-state index is -0.0301. The summed E-state index contributed by atoms with van der Waals surface area (Å²) in [6.45, 7) is 3.04. The van der Waals surface area contributed by atoms with Gasteiger partial charge in [0.05, 0.1) is 11.0 Å². The van der Waals surface area contributed by atoms with Gasteiger partial charge in [0.15, 0.2) is 0 Å². The predicted octanol–water partition coefficient (Wildman–Crippen LogP) is 3.07. The van der Waals surface area contributed by atoms with Gasteiger partial charge < -0.3 is 10.2 Å². The molecule has 0 aliphatic carbocycles. The monoisotopic (exact) mass is 360 g/mol. The van der Waals surface area contributed by atoms with Crippen molar-refractivity contribution in [2.45, 2.75) is 25.3 Å². The molecule has 5 nitrogen and oxygen atoms in total. The van der Waals surface area contributed by atoms with Gasteiger partial charge in [-0.1, -0.05) is 30.3 Å². The Balaban J connectivity index is 1.34. The number of fused-ring (bicyclic) bond motifs is 1. The summed E-state index contributed by atoms with van der Waals surface area (Å²) in [5.74, 6) is -0.0301. The first-order valence-electron chi connectivity index (χ1n) is 9.56. The van der Waals surface area contributed by atoms with E-state index in [0.717, 1.165) is 49.9 Å². The average molecular weight is 360 g/mol. The van der Waals surface area contributed by atoms with Crippen LogP contribution in [0.2, 0.25) is 0 Å². The first-order chi connectivity index (χ1) is 13.3. The van der Waals surface area contributed by atoms with Crippen LogP contribution in [0.1, 0.15) is 28.8 Å². The Hall–Kier alpha value is -2.79. The van der Waals surface area contributed by atoms with Gasteiger partial charge in [0.1, 0.15) is 0 Å². The zero-order valence-electron chi connectivity index (χ0n) is 15.3. The summed E-state index contributed by atoms with van der Waals surface area (Å²) in [4.78, 5) is 23.7. The molecule has 0 radical (unpaired) electrons. The van der Waals surface area contributed by atoms with Crippen LogP contribution in [0.5, 0.6) is 0 Å². The fourth-order valence-corrected chi connectivity index (χ4v) is 3.68. The summed E-state index contributed by atoms with van der Waals surface area (Å²) < 4.78 is 0. The molecule has 2 aromatic carbocycles. The second kappa shape index (κ2) is 8.27. The van der Waals surface area contributed by atoms with Crippen molar-refractivity contribution in [2.75, 3.05) is 19.6 Å². The lowest BCUT2D eigenvalue weighted by molar-refractivity contribution is 0.0904. The van der Waals surface area contributed by atoms with Crippen LogP contribution < -0.4 is 5.32 Å². The number of hydrogen-bond donors (Lipinski definition) is 1. The SMILES string of the molecule is O=C(NC1CCCN(CCc2ccccc2)C1)c1ccc2nccnc2c1. The quantitative estimate of drug-likeness (QED) is 0.760. The van der Waals surface area contributed by atoms with E-state index >= 15 is 0 Å². The van der Waals surface area contributed by atoms with Gasteiger partial charge in [0.2, 0.25) is 0 Å². The zero-order valence-corrected chi connectivity index (χ0v) is 15.3. The molecule has 0 spiro atoms. The maximum Gasteiger partial charge on any atom is 0.251 e. The molecule has 138 valence electrons. The van der Waals surface area contributed by atoms with Gasteiger partial charge in [-0.15, -0.1) is 0 Å². The topological polar surface area (TPSA) is 58.1 Å². The predicted molar refractivity (Wildman–Crippen MR) is 107 cm³/mol. The van der Waals surface area contributed by atoms with Gasteiger partial charge in [-0.2, -0.15) is 0 Å². The molecule has 4 rings (SSSR count). The fourth-order valence-electron chi connectivity index (χ4n) is 3.68. The third kappa shape index (κ3) is 4.49. The van der Waals surface area contributed by atoms with E-state index < -0.39 is 0 Å². The van der Waals surface area contributed by atoms with Crippen LogP contribution in [-0.4, -0.2) is 46.5 Å². The Morgan fingerprint density at radius 2 is 1.89 bits per heavy atom. The molecule has 1 aromatic heterocycles. The highest BCUT2D eigenvalue weighted by atomic mass is 16.1. The summed E-state index contributed by atoms with van der Waals surface area (Å²) in [5.41, 5.74) is 3.56. The van der Waals surface area contributed by atoms with E-state index in [9.17, 15) is 4.79 Å². The molecule has 27 heavy (non-hydrogen) atoms. The van der Waals surface area contributed by atoms with Crippen molar-refractivity contribution in [3.8, 4) is 0 Å². The number of amides is 1. The lowest BCUT2D eigenvalue weighted by atomic mass is 10.0. The average Bonchev–Trinajstić information content (AvgIpc) is 2.73. The molecule has 1 fully saturated rings. The number of aromatic nitrogens is 2. The molecule has 1 aliphatic heterocycles. The van der Waals surface area contributed by atoms with Crippen molar-refractivity contribution in [2.24, 2.45) is 0 Å². The number of carbonyl (C=O) groups is 1. The molecule has 1 aliphatic rings. The summed E-state index contributed by atoms with van der Waals surface area (Å²) in [6, 6.07) is 16.2. The number of nitrogens with zero attached hydrogens (tertiary/aromatic N) is 3. The third-order valence-corrected chi connectivity index (χ3v) is 5.13. The normalized spacial score (nSPS) is 17.7. The number of hydrogen-bond acceptors (Lipinski definition) is 4. The van der Waals surface area contributed by atoms with E-state index in [0.29, 0.717) is 5.56 Å². The molecule has 0 bridgehead atoms. The molecule has 1 saturated heterocycles. The third-order valence-electron chi connectivity index (χ3n) is 5.13. The number of likely N-dealkylation sites (tertiary alicyclic amines) is 1. The van der Waals surface area contributed by atoms with E-state index in [1.165, 1.54) is 5.56 Å². The van der Waals surface area contributed by atoms with Crippen molar-refractivity contribution >= 4 is 16.9 Å². The van der Waals surface area contributed by atoms with E-state index in [1.807, 2.05) is 24.3 Å². The maximum atomic E-state index is 12.7. The number of nitrogens with one attached hydrogen (secondary N) is 1. The van der Waals surface area contributed by atoms with Crippen LogP contribution in [0, 0.1) is 0 Å². The van der Waals surface area contributed by atoms with E-state index in [4.69, 9.17) is 0 Å². The Bertz CT molecular complexity index is 912. The van der Waals surface area contributed by atoms with Crippen LogP contribution in [0.4, 0.5) is 0 Å². The van der Waals surface area contributed by atoms with Crippen LogP contribution in [-0.2, 0) is 6.42 Å². The van der Waals surface area contributed by atoms with E-state index in [1.54, 1.807) is 12.4 Å². The number of benzene rings is 2. The van der Waals surface area contributed by atoms with Gasteiger partial charge in [-0.3, -0.25) is 14.8 Å². The Kier molecular flexibility index (Phi) is 5.39. The largest absolute Gasteiger partial charge is 0.348 e. The van der Waals surface area contributed by atoms with Gasteiger partial charge >= 0.3 is 0 Å². The molecule has 1 atom stereocenters. The van der Waals surface area contributed by atoms with Crippen LogP contribution in [0.15, 0.2) is 60.9 Å². The fraction of sp³-hybridized carbons (Fsp3) is 0.318. The van der Waals surface area contributed by atoms with Crippen molar-refractivity contribution in [3.63, 3.8) is 0 Å².